The summed E-state index contributed by atoms with van der Waals surface area (Å²) >= 11 is 0. The number of nitrogens with two attached hydrogens (primary N) is 1. The SMILES string of the molecule is CCCCN(C)c1ncnc(-n2ccnc2)c1N. The zero-order chi connectivity index (χ0) is 13.0. The molecule has 18 heavy (non-hydrogen) atoms. The fourth-order valence-corrected chi connectivity index (χ4v) is 1.77. The summed E-state index contributed by atoms with van der Waals surface area (Å²) in [7, 11) is 1.99. The van der Waals surface area contributed by atoms with Crippen molar-refractivity contribution < 1.29 is 0 Å². The second-order valence-electron chi connectivity index (χ2n) is 4.18. The smallest absolute Gasteiger partial charge is 0.166 e. The predicted octanol–water partition coefficient (Wildman–Crippen LogP) is 1.48. The van der Waals surface area contributed by atoms with E-state index in [0.29, 0.717) is 11.5 Å². The van der Waals surface area contributed by atoms with Crippen molar-refractivity contribution in [2.24, 2.45) is 0 Å². The van der Waals surface area contributed by atoms with Gasteiger partial charge in [0.05, 0.1) is 0 Å². The summed E-state index contributed by atoms with van der Waals surface area (Å²) in [6.45, 7) is 3.09. The Morgan fingerprint density at radius 2 is 2.22 bits per heavy atom. The summed E-state index contributed by atoms with van der Waals surface area (Å²) in [5.74, 6) is 1.43. The summed E-state index contributed by atoms with van der Waals surface area (Å²) < 4.78 is 1.79. The van der Waals surface area contributed by atoms with E-state index in [0.717, 1.165) is 25.2 Å². The van der Waals surface area contributed by atoms with Gasteiger partial charge in [0.25, 0.3) is 0 Å². The van der Waals surface area contributed by atoms with E-state index in [1.807, 2.05) is 13.2 Å². The molecule has 0 saturated carbocycles. The van der Waals surface area contributed by atoms with Crippen LogP contribution < -0.4 is 10.6 Å². The van der Waals surface area contributed by atoms with E-state index in [1.165, 1.54) is 6.33 Å². The second-order valence-corrected chi connectivity index (χ2v) is 4.18. The van der Waals surface area contributed by atoms with E-state index in [1.54, 1.807) is 17.1 Å². The molecule has 2 aromatic rings. The Labute approximate surface area is 106 Å². The molecule has 0 aliphatic carbocycles. The molecule has 0 aliphatic rings. The molecule has 0 unspecified atom stereocenters. The van der Waals surface area contributed by atoms with Gasteiger partial charge in [0.2, 0.25) is 0 Å². The molecular weight excluding hydrogens is 228 g/mol. The first kappa shape index (κ1) is 12.3. The lowest BCUT2D eigenvalue weighted by atomic mass is 10.3. The molecule has 0 spiro atoms. The largest absolute Gasteiger partial charge is 0.393 e. The van der Waals surface area contributed by atoms with Crippen LogP contribution in [0.25, 0.3) is 5.82 Å². The van der Waals surface area contributed by atoms with E-state index in [-0.39, 0.29) is 0 Å². The van der Waals surface area contributed by atoms with E-state index in [2.05, 4.69) is 26.8 Å². The molecule has 2 rings (SSSR count). The van der Waals surface area contributed by atoms with Crippen molar-refractivity contribution in [3.05, 3.63) is 25.0 Å². The van der Waals surface area contributed by atoms with Crippen LogP contribution >= 0.6 is 0 Å². The van der Waals surface area contributed by atoms with Gasteiger partial charge in [-0.05, 0) is 6.42 Å². The lowest BCUT2D eigenvalue weighted by Crippen LogP contribution is -2.22. The first-order chi connectivity index (χ1) is 8.74. The quantitative estimate of drug-likeness (QED) is 0.865. The lowest BCUT2D eigenvalue weighted by Gasteiger charge is -2.20. The topological polar surface area (TPSA) is 72.9 Å². The normalized spacial score (nSPS) is 10.6. The van der Waals surface area contributed by atoms with Gasteiger partial charge in [-0.2, -0.15) is 0 Å². The Morgan fingerprint density at radius 3 is 2.89 bits per heavy atom. The van der Waals surface area contributed by atoms with Gasteiger partial charge in [-0.15, -0.1) is 0 Å². The Kier molecular flexibility index (Phi) is 3.76. The standard InChI is InChI=1S/C12H18N6/c1-3-4-6-17(2)11-10(13)12(16-8-15-11)18-7-5-14-9-18/h5,7-9H,3-4,6,13H2,1-2H3. The number of unbranched alkanes of at least 4 members (excludes halogenated alkanes) is 1. The molecular formula is C12H18N6. The van der Waals surface area contributed by atoms with Gasteiger partial charge in [0.15, 0.2) is 11.6 Å². The zero-order valence-electron chi connectivity index (χ0n) is 10.7. The van der Waals surface area contributed by atoms with Crippen molar-refractivity contribution in [3.8, 4) is 5.82 Å². The van der Waals surface area contributed by atoms with Crippen molar-refractivity contribution in [1.82, 2.24) is 19.5 Å². The second kappa shape index (κ2) is 5.48. The highest BCUT2D eigenvalue weighted by Crippen LogP contribution is 2.24. The van der Waals surface area contributed by atoms with Crippen molar-refractivity contribution in [1.29, 1.82) is 0 Å². The predicted molar refractivity (Wildman–Crippen MR) is 71.7 cm³/mol. The fourth-order valence-electron chi connectivity index (χ4n) is 1.77. The van der Waals surface area contributed by atoms with Crippen LogP contribution in [-0.4, -0.2) is 33.1 Å². The van der Waals surface area contributed by atoms with Crippen molar-refractivity contribution in [3.63, 3.8) is 0 Å². The van der Waals surface area contributed by atoms with Gasteiger partial charge in [-0.25, -0.2) is 15.0 Å². The number of imidazole rings is 1. The molecule has 0 aliphatic heterocycles. The number of hydrogen-bond acceptors (Lipinski definition) is 5. The summed E-state index contributed by atoms with van der Waals surface area (Å²) in [5, 5.41) is 0. The highest BCUT2D eigenvalue weighted by Gasteiger charge is 2.12. The number of hydrogen-bond donors (Lipinski definition) is 1. The third kappa shape index (κ3) is 2.42. The Morgan fingerprint density at radius 1 is 1.39 bits per heavy atom. The average molecular weight is 246 g/mol. The van der Waals surface area contributed by atoms with Crippen molar-refractivity contribution >= 4 is 11.5 Å². The van der Waals surface area contributed by atoms with E-state index < -0.39 is 0 Å². The van der Waals surface area contributed by atoms with Crippen LogP contribution in [0.2, 0.25) is 0 Å². The molecule has 6 heteroatoms. The Hall–Kier alpha value is -2.11. The third-order valence-corrected chi connectivity index (χ3v) is 2.80. The molecule has 0 atom stereocenters. The first-order valence-corrected chi connectivity index (χ1v) is 6.04. The van der Waals surface area contributed by atoms with E-state index in [9.17, 15) is 0 Å². The number of aromatic nitrogens is 4. The minimum Gasteiger partial charge on any atom is -0.393 e. The van der Waals surface area contributed by atoms with E-state index in [4.69, 9.17) is 5.73 Å². The van der Waals surface area contributed by atoms with Crippen LogP contribution in [0.3, 0.4) is 0 Å². The Bertz CT molecular complexity index is 493. The maximum absolute atomic E-state index is 6.13. The van der Waals surface area contributed by atoms with Crippen molar-refractivity contribution in [2.75, 3.05) is 24.2 Å². The average Bonchev–Trinajstić information content (AvgIpc) is 2.90. The van der Waals surface area contributed by atoms with Crippen LogP contribution in [0, 0.1) is 0 Å². The minimum atomic E-state index is 0.578. The van der Waals surface area contributed by atoms with Crippen LogP contribution in [0.5, 0.6) is 0 Å². The highest BCUT2D eigenvalue weighted by atomic mass is 15.2. The summed E-state index contributed by atoms with van der Waals surface area (Å²) in [5.41, 5.74) is 6.71. The molecule has 0 amide bonds. The van der Waals surface area contributed by atoms with Gasteiger partial charge in [-0.3, -0.25) is 4.57 Å². The monoisotopic (exact) mass is 246 g/mol. The summed E-state index contributed by atoms with van der Waals surface area (Å²) in [6, 6.07) is 0. The van der Waals surface area contributed by atoms with Gasteiger partial charge in [0, 0.05) is 26.0 Å². The fraction of sp³-hybridized carbons (Fsp3) is 0.417. The molecule has 2 aromatic heterocycles. The third-order valence-electron chi connectivity index (χ3n) is 2.80. The highest BCUT2D eigenvalue weighted by molar-refractivity contribution is 5.69. The molecule has 0 aromatic carbocycles. The number of rotatable bonds is 5. The molecule has 6 nitrogen and oxygen atoms in total. The number of anilines is 2. The summed E-state index contributed by atoms with van der Waals surface area (Å²) in [4.78, 5) is 14.5. The number of nitrogens with zero attached hydrogens (tertiary/aromatic N) is 5. The molecule has 2 N–H and O–H groups in total. The molecule has 2 heterocycles. The molecule has 96 valence electrons. The van der Waals surface area contributed by atoms with Gasteiger partial charge in [0.1, 0.15) is 18.3 Å². The van der Waals surface area contributed by atoms with Gasteiger partial charge >= 0.3 is 0 Å². The van der Waals surface area contributed by atoms with Crippen LogP contribution in [0.15, 0.2) is 25.0 Å². The summed E-state index contributed by atoms with van der Waals surface area (Å²) in [6.07, 6.45) is 8.97. The molecule has 0 radical (unpaired) electrons. The van der Waals surface area contributed by atoms with Crippen LogP contribution in [0.4, 0.5) is 11.5 Å². The van der Waals surface area contributed by atoms with Gasteiger partial charge < -0.3 is 10.6 Å². The van der Waals surface area contributed by atoms with Crippen molar-refractivity contribution in [2.45, 2.75) is 19.8 Å². The molecule has 0 fully saturated rings. The minimum absolute atomic E-state index is 0.578. The van der Waals surface area contributed by atoms with Crippen LogP contribution in [-0.2, 0) is 0 Å². The number of nitrogen functional groups attached to an aromatic ring is 1. The molecule has 0 bridgehead atoms. The maximum Gasteiger partial charge on any atom is 0.166 e. The zero-order valence-corrected chi connectivity index (χ0v) is 10.7. The van der Waals surface area contributed by atoms with Gasteiger partial charge in [-0.1, -0.05) is 13.3 Å². The first-order valence-electron chi connectivity index (χ1n) is 6.04. The maximum atomic E-state index is 6.13. The van der Waals surface area contributed by atoms with E-state index >= 15 is 0 Å². The Balaban J connectivity index is 2.30. The van der Waals surface area contributed by atoms with Crippen LogP contribution in [0.1, 0.15) is 19.8 Å². The lowest BCUT2D eigenvalue weighted by molar-refractivity contribution is 0.758. The molecule has 0 saturated heterocycles.